The Bertz CT molecular complexity index is 1180. The number of methoxy groups -OCH3 is 1. The molecule has 0 fully saturated rings. The largest absolute Gasteiger partial charge is 0.468 e. The monoisotopic (exact) mass is 438 g/mol. The number of hydrogen-bond acceptors (Lipinski definition) is 6. The molecule has 0 bridgehead atoms. The minimum atomic E-state index is -0.528. The van der Waals surface area contributed by atoms with E-state index in [0.717, 1.165) is 5.69 Å². The van der Waals surface area contributed by atoms with E-state index in [9.17, 15) is 9.59 Å². The number of ether oxygens (including phenoxy) is 2. The molecule has 3 rings (SSSR count). The van der Waals surface area contributed by atoms with Gasteiger partial charge in [0.25, 0.3) is 5.91 Å². The summed E-state index contributed by atoms with van der Waals surface area (Å²) in [5, 5.41) is 16.4. The maximum absolute atomic E-state index is 12.1. The lowest BCUT2D eigenvalue weighted by Crippen LogP contribution is -2.30. The molecular weight excluding hydrogens is 420 g/mol. The van der Waals surface area contributed by atoms with E-state index in [1.165, 1.54) is 7.11 Å². The first-order chi connectivity index (χ1) is 14.8. The molecule has 0 aliphatic heterocycles. The van der Waals surface area contributed by atoms with Crippen LogP contribution in [0, 0.1) is 25.2 Å². The summed E-state index contributed by atoms with van der Waals surface area (Å²) >= 11 is 6.14. The van der Waals surface area contributed by atoms with Crippen molar-refractivity contribution in [2.45, 2.75) is 13.8 Å². The minimum Gasteiger partial charge on any atom is -0.468 e. The Morgan fingerprint density at radius 1 is 1.19 bits per heavy atom. The van der Waals surface area contributed by atoms with E-state index in [2.05, 4.69) is 15.2 Å². The van der Waals surface area contributed by atoms with Crippen LogP contribution >= 0.6 is 11.6 Å². The van der Waals surface area contributed by atoms with Crippen molar-refractivity contribution in [2.75, 3.05) is 13.7 Å². The van der Waals surface area contributed by atoms with Gasteiger partial charge in [-0.15, -0.1) is 0 Å². The molecule has 1 N–H and O–H groups in total. The summed E-state index contributed by atoms with van der Waals surface area (Å²) in [5.41, 5.74) is 2.89. The normalized spacial score (nSPS) is 10.3. The number of nitrogens with zero attached hydrogens (tertiary/aromatic N) is 3. The highest BCUT2D eigenvalue weighted by Gasteiger charge is 2.16. The Morgan fingerprint density at radius 2 is 1.90 bits per heavy atom. The number of nitriles is 1. The SMILES string of the molecule is COC(=O)CNC(=O)c1ccc(Oc2c(C)nn(-c3ccc(C#N)c(Cl)c3)c2C)cc1. The Kier molecular flexibility index (Phi) is 6.58. The fourth-order valence-electron chi connectivity index (χ4n) is 2.87. The van der Waals surface area contributed by atoms with Crippen LogP contribution in [0.15, 0.2) is 42.5 Å². The van der Waals surface area contributed by atoms with Crippen LogP contribution < -0.4 is 10.1 Å². The van der Waals surface area contributed by atoms with Gasteiger partial charge in [0.05, 0.1) is 29.1 Å². The third-order valence-electron chi connectivity index (χ3n) is 4.50. The molecule has 2 aromatic carbocycles. The van der Waals surface area contributed by atoms with Crippen molar-refractivity contribution >= 4 is 23.5 Å². The molecule has 1 amide bonds. The zero-order chi connectivity index (χ0) is 22.5. The Labute approximate surface area is 184 Å². The number of amides is 1. The number of aromatic nitrogens is 2. The number of aryl methyl sites for hydroxylation is 1. The van der Waals surface area contributed by atoms with Crippen molar-refractivity contribution in [2.24, 2.45) is 0 Å². The number of halogens is 1. The summed E-state index contributed by atoms with van der Waals surface area (Å²) in [7, 11) is 1.25. The maximum Gasteiger partial charge on any atom is 0.325 e. The lowest BCUT2D eigenvalue weighted by atomic mass is 10.2. The van der Waals surface area contributed by atoms with Gasteiger partial charge in [0.1, 0.15) is 24.1 Å². The molecule has 0 spiro atoms. The molecule has 0 unspecified atom stereocenters. The first kappa shape index (κ1) is 21.9. The third-order valence-corrected chi connectivity index (χ3v) is 4.81. The number of carbonyl (C=O) groups is 2. The first-order valence-electron chi connectivity index (χ1n) is 9.23. The minimum absolute atomic E-state index is 0.204. The molecule has 31 heavy (non-hydrogen) atoms. The number of nitrogens with one attached hydrogen (secondary N) is 1. The maximum atomic E-state index is 12.1. The van der Waals surface area contributed by atoms with Gasteiger partial charge in [-0.25, -0.2) is 4.68 Å². The van der Waals surface area contributed by atoms with Gasteiger partial charge >= 0.3 is 5.97 Å². The summed E-state index contributed by atoms with van der Waals surface area (Å²) < 4.78 is 12.2. The number of esters is 1. The van der Waals surface area contributed by atoms with Crippen molar-refractivity contribution in [1.82, 2.24) is 15.1 Å². The number of benzene rings is 2. The van der Waals surface area contributed by atoms with Crippen LogP contribution in [0.25, 0.3) is 5.69 Å². The van der Waals surface area contributed by atoms with Gasteiger partial charge < -0.3 is 14.8 Å². The molecule has 0 atom stereocenters. The van der Waals surface area contributed by atoms with Crippen molar-refractivity contribution < 1.29 is 19.1 Å². The molecule has 0 radical (unpaired) electrons. The molecule has 3 aromatic rings. The van der Waals surface area contributed by atoms with E-state index in [1.807, 2.05) is 19.9 Å². The molecule has 8 nitrogen and oxygen atoms in total. The fourth-order valence-corrected chi connectivity index (χ4v) is 3.09. The van der Waals surface area contributed by atoms with Gasteiger partial charge in [-0.1, -0.05) is 11.6 Å². The Balaban J connectivity index is 1.78. The van der Waals surface area contributed by atoms with Crippen molar-refractivity contribution in [3.05, 3.63) is 70.0 Å². The molecular formula is C22H19ClN4O4. The molecule has 0 aliphatic rings. The standard InChI is InChI=1S/C22H19ClN4O4/c1-13-21(14(2)27(26-13)17-7-4-16(11-24)19(23)10-17)31-18-8-5-15(6-9-18)22(29)25-12-20(28)30-3/h4-10H,12H2,1-3H3,(H,25,29). The van der Waals surface area contributed by atoms with Crippen LogP contribution in [-0.4, -0.2) is 35.3 Å². The average Bonchev–Trinajstić information content (AvgIpc) is 3.05. The molecule has 0 aliphatic carbocycles. The van der Waals surface area contributed by atoms with Gasteiger partial charge in [0.2, 0.25) is 0 Å². The van der Waals surface area contributed by atoms with E-state index < -0.39 is 11.9 Å². The van der Waals surface area contributed by atoms with Crippen molar-refractivity contribution in [1.29, 1.82) is 5.26 Å². The highest BCUT2D eigenvalue weighted by molar-refractivity contribution is 6.31. The highest BCUT2D eigenvalue weighted by Crippen LogP contribution is 2.31. The zero-order valence-electron chi connectivity index (χ0n) is 17.1. The number of hydrogen-bond donors (Lipinski definition) is 1. The van der Waals surface area contributed by atoms with Crippen LogP contribution in [0.3, 0.4) is 0 Å². The summed E-state index contributed by atoms with van der Waals surface area (Å²) in [6.45, 7) is 3.47. The van der Waals surface area contributed by atoms with Crippen LogP contribution in [0.4, 0.5) is 0 Å². The second kappa shape index (κ2) is 9.32. The van der Waals surface area contributed by atoms with Gasteiger partial charge in [0.15, 0.2) is 5.75 Å². The molecule has 1 aromatic heterocycles. The van der Waals surface area contributed by atoms with E-state index >= 15 is 0 Å². The van der Waals surface area contributed by atoms with Crippen LogP contribution in [-0.2, 0) is 9.53 Å². The van der Waals surface area contributed by atoms with E-state index in [0.29, 0.717) is 39.0 Å². The summed E-state index contributed by atoms with van der Waals surface area (Å²) in [5.74, 6) is 0.172. The topological polar surface area (TPSA) is 106 Å². The van der Waals surface area contributed by atoms with Gasteiger partial charge in [-0.05, 0) is 56.3 Å². The average molecular weight is 439 g/mol. The zero-order valence-corrected chi connectivity index (χ0v) is 17.9. The van der Waals surface area contributed by atoms with Gasteiger partial charge in [0, 0.05) is 5.56 Å². The number of rotatable bonds is 6. The van der Waals surface area contributed by atoms with Crippen LogP contribution in [0.1, 0.15) is 27.3 Å². The van der Waals surface area contributed by atoms with Gasteiger partial charge in [-0.3, -0.25) is 9.59 Å². The Morgan fingerprint density at radius 3 is 2.52 bits per heavy atom. The van der Waals surface area contributed by atoms with E-state index in [4.69, 9.17) is 21.6 Å². The second-order valence-electron chi connectivity index (χ2n) is 6.57. The molecule has 9 heteroatoms. The van der Waals surface area contributed by atoms with E-state index in [-0.39, 0.29) is 6.54 Å². The van der Waals surface area contributed by atoms with Crippen LogP contribution in [0.5, 0.6) is 11.5 Å². The highest BCUT2D eigenvalue weighted by atomic mass is 35.5. The summed E-state index contributed by atoms with van der Waals surface area (Å²) in [4.78, 5) is 23.2. The number of carbonyl (C=O) groups excluding carboxylic acids is 2. The smallest absolute Gasteiger partial charge is 0.325 e. The summed E-state index contributed by atoms with van der Waals surface area (Å²) in [6, 6.07) is 13.6. The van der Waals surface area contributed by atoms with Gasteiger partial charge in [-0.2, -0.15) is 10.4 Å². The lowest BCUT2D eigenvalue weighted by Gasteiger charge is -2.09. The lowest BCUT2D eigenvalue weighted by molar-refractivity contribution is -0.139. The molecule has 158 valence electrons. The molecule has 0 saturated carbocycles. The first-order valence-corrected chi connectivity index (χ1v) is 9.61. The van der Waals surface area contributed by atoms with Crippen molar-refractivity contribution in [3.63, 3.8) is 0 Å². The van der Waals surface area contributed by atoms with E-state index in [1.54, 1.807) is 47.1 Å². The third kappa shape index (κ3) is 4.85. The molecule has 0 saturated heterocycles. The second-order valence-corrected chi connectivity index (χ2v) is 6.98. The van der Waals surface area contributed by atoms with Crippen molar-refractivity contribution in [3.8, 4) is 23.3 Å². The summed E-state index contributed by atoms with van der Waals surface area (Å²) in [6.07, 6.45) is 0. The molecule has 1 heterocycles. The predicted octanol–water partition coefficient (Wildman–Crippen LogP) is 3.71. The predicted molar refractivity (Wildman–Crippen MR) is 114 cm³/mol. The fraction of sp³-hybridized carbons (Fsp3) is 0.182. The van der Waals surface area contributed by atoms with Crippen LogP contribution in [0.2, 0.25) is 5.02 Å². The quantitative estimate of drug-likeness (QED) is 0.588. The Hall–Kier alpha value is -3.83.